The van der Waals surface area contributed by atoms with Crippen LogP contribution < -0.4 is 10.6 Å². The molecule has 0 radical (unpaired) electrons. The quantitative estimate of drug-likeness (QED) is 0.812. The van der Waals surface area contributed by atoms with Crippen molar-refractivity contribution in [3.8, 4) is 0 Å². The summed E-state index contributed by atoms with van der Waals surface area (Å²) in [5.41, 5.74) is -0.410. The summed E-state index contributed by atoms with van der Waals surface area (Å²) in [5, 5.41) is 6.90. The van der Waals surface area contributed by atoms with Crippen LogP contribution in [0.2, 0.25) is 0 Å². The molecule has 0 aromatic rings. The maximum absolute atomic E-state index is 12.1. The maximum Gasteiger partial charge on any atom is 0.410 e. The topological polar surface area (TPSA) is 53.6 Å². The number of carbonyl (C=O) groups excluding carboxylic acids is 1. The molecule has 0 saturated carbocycles. The molecule has 2 saturated heterocycles. The van der Waals surface area contributed by atoms with Crippen LogP contribution in [0.3, 0.4) is 0 Å². The van der Waals surface area contributed by atoms with E-state index >= 15 is 0 Å². The Morgan fingerprint density at radius 3 is 2.84 bits per heavy atom. The van der Waals surface area contributed by atoms with Gasteiger partial charge in [0, 0.05) is 31.7 Å². The lowest BCUT2D eigenvalue weighted by Crippen LogP contribution is -2.46. The molecule has 0 spiro atoms. The highest BCUT2D eigenvalue weighted by Crippen LogP contribution is 2.20. The summed E-state index contributed by atoms with van der Waals surface area (Å²) >= 11 is 0. The van der Waals surface area contributed by atoms with Gasteiger partial charge in [-0.25, -0.2) is 4.79 Å². The summed E-state index contributed by atoms with van der Waals surface area (Å²) < 4.78 is 5.47. The number of nitrogens with one attached hydrogen (secondary N) is 2. The van der Waals surface area contributed by atoms with Gasteiger partial charge in [0.25, 0.3) is 0 Å². The Morgan fingerprint density at radius 1 is 1.42 bits per heavy atom. The average Bonchev–Trinajstić information content (AvgIpc) is 2.95. The summed E-state index contributed by atoms with van der Waals surface area (Å²) in [4.78, 5) is 14.0. The molecule has 0 aromatic heterocycles. The van der Waals surface area contributed by atoms with E-state index in [1.165, 1.54) is 6.42 Å². The Kier molecular flexibility index (Phi) is 4.68. The zero-order valence-corrected chi connectivity index (χ0v) is 12.4. The fraction of sp³-hybridized carbons (Fsp3) is 0.929. The lowest BCUT2D eigenvalue weighted by Gasteiger charge is -2.29. The second-order valence-electron chi connectivity index (χ2n) is 6.57. The third kappa shape index (κ3) is 4.35. The molecule has 1 amide bonds. The number of amides is 1. The van der Waals surface area contributed by atoms with Crippen LogP contribution in [-0.4, -0.2) is 54.9 Å². The van der Waals surface area contributed by atoms with Crippen LogP contribution in [0.25, 0.3) is 0 Å². The minimum absolute atomic E-state index is 0.165. The van der Waals surface area contributed by atoms with E-state index in [9.17, 15) is 4.79 Å². The molecule has 2 rings (SSSR count). The number of carbonyl (C=O) groups is 1. The molecule has 2 unspecified atom stereocenters. The van der Waals surface area contributed by atoms with E-state index in [2.05, 4.69) is 10.6 Å². The van der Waals surface area contributed by atoms with Gasteiger partial charge < -0.3 is 20.3 Å². The monoisotopic (exact) mass is 269 g/mol. The molecule has 2 N–H and O–H groups in total. The highest BCUT2D eigenvalue weighted by molar-refractivity contribution is 5.69. The number of nitrogens with zero attached hydrogens (tertiary/aromatic N) is 1. The van der Waals surface area contributed by atoms with Gasteiger partial charge in [0.15, 0.2) is 0 Å². The zero-order chi connectivity index (χ0) is 13.9. The number of rotatable bonds is 3. The van der Waals surface area contributed by atoms with Crippen molar-refractivity contribution in [1.29, 1.82) is 0 Å². The molecule has 5 nitrogen and oxygen atoms in total. The standard InChI is InChI=1S/C14H27N3O2/c1-14(2,3)19-13(18)17-8-4-5-12(17)10-16-11-6-7-15-9-11/h11-12,15-16H,4-10H2,1-3H3. The van der Waals surface area contributed by atoms with Gasteiger partial charge in [-0.3, -0.25) is 0 Å². The minimum Gasteiger partial charge on any atom is -0.444 e. The van der Waals surface area contributed by atoms with Crippen molar-refractivity contribution in [3.05, 3.63) is 0 Å². The number of ether oxygens (including phenoxy) is 1. The molecule has 0 aromatic carbocycles. The smallest absolute Gasteiger partial charge is 0.410 e. The van der Waals surface area contributed by atoms with E-state index in [0.717, 1.165) is 39.0 Å². The Balaban J connectivity index is 1.80. The highest BCUT2D eigenvalue weighted by Gasteiger charge is 2.32. The lowest BCUT2D eigenvalue weighted by atomic mass is 10.2. The Hall–Kier alpha value is -0.810. The van der Waals surface area contributed by atoms with E-state index in [4.69, 9.17) is 4.74 Å². The van der Waals surface area contributed by atoms with Gasteiger partial charge in [-0.05, 0) is 46.6 Å². The van der Waals surface area contributed by atoms with Gasteiger partial charge in [0.2, 0.25) is 0 Å². The van der Waals surface area contributed by atoms with Crippen LogP contribution in [0.4, 0.5) is 4.79 Å². The molecule has 0 bridgehead atoms. The van der Waals surface area contributed by atoms with Crippen LogP contribution >= 0.6 is 0 Å². The molecule has 2 atom stereocenters. The molecule has 19 heavy (non-hydrogen) atoms. The van der Waals surface area contributed by atoms with E-state index in [0.29, 0.717) is 6.04 Å². The predicted octanol–water partition coefficient (Wildman–Crippen LogP) is 1.34. The largest absolute Gasteiger partial charge is 0.444 e. The van der Waals surface area contributed by atoms with Crippen molar-refractivity contribution >= 4 is 6.09 Å². The van der Waals surface area contributed by atoms with Crippen LogP contribution in [0, 0.1) is 0 Å². The number of hydrogen-bond donors (Lipinski definition) is 2. The van der Waals surface area contributed by atoms with Crippen molar-refractivity contribution in [3.63, 3.8) is 0 Å². The third-order valence-corrected chi connectivity index (χ3v) is 3.71. The maximum atomic E-state index is 12.1. The summed E-state index contributed by atoms with van der Waals surface area (Å²) in [6.07, 6.45) is 3.17. The van der Waals surface area contributed by atoms with Crippen molar-refractivity contribution < 1.29 is 9.53 Å². The second kappa shape index (κ2) is 6.09. The number of hydrogen-bond acceptors (Lipinski definition) is 4. The first-order chi connectivity index (χ1) is 8.96. The van der Waals surface area contributed by atoms with Crippen molar-refractivity contribution in [1.82, 2.24) is 15.5 Å². The molecule has 2 heterocycles. The van der Waals surface area contributed by atoms with Gasteiger partial charge in [0.05, 0.1) is 0 Å². The summed E-state index contributed by atoms with van der Waals surface area (Å²) in [7, 11) is 0. The molecule has 2 aliphatic heterocycles. The molecule has 0 aliphatic carbocycles. The molecular weight excluding hydrogens is 242 g/mol. The van der Waals surface area contributed by atoms with Gasteiger partial charge in [-0.1, -0.05) is 0 Å². The van der Waals surface area contributed by atoms with Gasteiger partial charge >= 0.3 is 6.09 Å². The molecular formula is C14H27N3O2. The fourth-order valence-corrected chi connectivity index (χ4v) is 2.74. The Bertz CT molecular complexity index is 308. The van der Waals surface area contributed by atoms with E-state index < -0.39 is 5.60 Å². The Labute approximate surface area is 116 Å². The van der Waals surface area contributed by atoms with Crippen LogP contribution in [0.15, 0.2) is 0 Å². The van der Waals surface area contributed by atoms with E-state index in [1.54, 1.807) is 0 Å². The summed E-state index contributed by atoms with van der Waals surface area (Å²) in [5.74, 6) is 0. The first-order valence-corrected chi connectivity index (χ1v) is 7.39. The highest BCUT2D eigenvalue weighted by atomic mass is 16.6. The first kappa shape index (κ1) is 14.6. The normalized spacial score (nSPS) is 27.8. The summed E-state index contributed by atoms with van der Waals surface area (Å²) in [6.45, 7) is 9.59. The van der Waals surface area contributed by atoms with Crippen LogP contribution in [0.1, 0.15) is 40.0 Å². The van der Waals surface area contributed by atoms with E-state index in [1.807, 2.05) is 25.7 Å². The molecule has 2 fully saturated rings. The lowest BCUT2D eigenvalue weighted by molar-refractivity contribution is 0.0225. The Morgan fingerprint density at radius 2 is 2.21 bits per heavy atom. The molecule has 2 aliphatic rings. The zero-order valence-electron chi connectivity index (χ0n) is 12.4. The predicted molar refractivity (Wildman–Crippen MR) is 75.2 cm³/mol. The molecule has 5 heteroatoms. The first-order valence-electron chi connectivity index (χ1n) is 7.39. The van der Waals surface area contributed by atoms with Crippen LogP contribution in [-0.2, 0) is 4.74 Å². The van der Waals surface area contributed by atoms with Crippen molar-refractivity contribution in [2.75, 3.05) is 26.2 Å². The number of likely N-dealkylation sites (tertiary alicyclic amines) is 1. The average molecular weight is 269 g/mol. The van der Waals surface area contributed by atoms with Gasteiger partial charge in [-0.15, -0.1) is 0 Å². The SMILES string of the molecule is CC(C)(C)OC(=O)N1CCCC1CNC1CCNC1. The third-order valence-electron chi connectivity index (χ3n) is 3.71. The van der Waals surface area contributed by atoms with Crippen molar-refractivity contribution in [2.45, 2.75) is 57.7 Å². The summed E-state index contributed by atoms with van der Waals surface area (Å²) in [6, 6.07) is 0.844. The molecule has 110 valence electrons. The van der Waals surface area contributed by atoms with Gasteiger partial charge in [-0.2, -0.15) is 0 Å². The van der Waals surface area contributed by atoms with Crippen molar-refractivity contribution in [2.24, 2.45) is 0 Å². The fourth-order valence-electron chi connectivity index (χ4n) is 2.74. The van der Waals surface area contributed by atoms with Crippen LogP contribution in [0.5, 0.6) is 0 Å². The van der Waals surface area contributed by atoms with E-state index in [-0.39, 0.29) is 12.1 Å². The second-order valence-corrected chi connectivity index (χ2v) is 6.57. The minimum atomic E-state index is -0.410. The van der Waals surface area contributed by atoms with Gasteiger partial charge in [0.1, 0.15) is 5.60 Å².